The Morgan fingerprint density at radius 2 is 2.09 bits per heavy atom. The van der Waals surface area contributed by atoms with Crippen LogP contribution in [-0.4, -0.2) is 0 Å². The summed E-state index contributed by atoms with van der Waals surface area (Å²) in [6.45, 7) is 3.94. The minimum atomic E-state index is -0.313. The topological polar surface area (TPSA) is 26.0 Å². The van der Waals surface area contributed by atoms with Crippen LogP contribution in [0.15, 0.2) is 12.1 Å². The molecule has 0 saturated heterocycles. The lowest BCUT2D eigenvalue weighted by atomic mass is 10.1. The molecule has 1 rings (SSSR count). The van der Waals surface area contributed by atoms with Crippen LogP contribution >= 0.6 is 0 Å². The van der Waals surface area contributed by atoms with E-state index in [1.807, 2.05) is 13.8 Å². The van der Waals surface area contributed by atoms with Gasteiger partial charge in [0.2, 0.25) is 0 Å². The van der Waals surface area contributed by atoms with E-state index in [0.717, 1.165) is 17.5 Å². The van der Waals surface area contributed by atoms with E-state index in [1.54, 1.807) is 6.07 Å². The summed E-state index contributed by atoms with van der Waals surface area (Å²) in [6, 6.07) is 3.18. The maximum Gasteiger partial charge on any atom is 0.146 e. The maximum absolute atomic E-state index is 12.8. The molecule has 1 aromatic carbocycles. The molecule has 1 nitrogen and oxygen atoms in total. The lowest BCUT2D eigenvalue weighted by Crippen LogP contribution is -1.95. The standard InChI is InChI=1S/C9H12FN/c1-3-7-5-8(10)9(11)4-6(7)2/h4-5H,3,11H2,1-2H3. The van der Waals surface area contributed by atoms with Crippen molar-refractivity contribution in [3.8, 4) is 0 Å². The lowest BCUT2D eigenvalue weighted by molar-refractivity contribution is 0.630. The number of halogens is 1. The monoisotopic (exact) mass is 153 g/mol. The molecular formula is C9H12FN. The second kappa shape index (κ2) is 2.91. The van der Waals surface area contributed by atoms with Gasteiger partial charge in [-0.2, -0.15) is 0 Å². The molecule has 0 fully saturated rings. The zero-order valence-electron chi connectivity index (χ0n) is 6.82. The first-order chi connectivity index (χ1) is 5.15. The zero-order valence-corrected chi connectivity index (χ0v) is 6.82. The smallest absolute Gasteiger partial charge is 0.146 e. The van der Waals surface area contributed by atoms with Crippen LogP contribution in [0.5, 0.6) is 0 Å². The van der Waals surface area contributed by atoms with Crippen molar-refractivity contribution in [3.63, 3.8) is 0 Å². The Bertz CT molecular complexity index is 269. The molecule has 0 atom stereocenters. The van der Waals surface area contributed by atoms with Gasteiger partial charge in [-0.05, 0) is 36.6 Å². The second-order valence-electron chi connectivity index (χ2n) is 2.65. The van der Waals surface area contributed by atoms with Gasteiger partial charge in [0.05, 0.1) is 5.69 Å². The Morgan fingerprint density at radius 3 is 2.64 bits per heavy atom. The molecule has 0 amide bonds. The van der Waals surface area contributed by atoms with Gasteiger partial charge < -0.3 is 5.73 Å². The van der Waals surface area contributed by atoms with Crippen LogP contribution in [0.4, 0.5) is 10.1 Å². The number of hydrogen-bond acceptors (Lipinski definition) is 1. The third-order valence-corrected chi connectivity index (χ3v) is 1.84. The number of aryl methyl sites for hydroxylation is 2. The fraction of sp³-hybridized carbons (Fsp3) is 0.333. The van der Waals surface area contributed by atoms with Gasteiger partial charge >= 0.3 is 0 Å². The summed E-state index contributed by atoms with van der Waals surface area (Å²) in [5.41, 5.74) is 7.69. The summed E-state index contributed by atoms with van der Waals surface area (Å²) in [4.78, 5) is 0. The first-order valence-electron chi connectivity index (χ1n) is 3.69. The summed E-state index contributed by atoms with van der Waals surface area (Å²) < 4.78 is 12.8. The molecule has 0 spiro atoms. The summed E-state index contributed by atoms with van der Waals surface area (Å²) >= 11 is 0. The highest BCUT2D eigenvalue weighted by atomic mass is 19.1. The van der Waals surface area contributed by atoms with Crippen LogP contribution in [0, 0.1) is 12.7 Å². The number of nitrogens with two attached hydrogens (primary N) is 1. The molecule has 0 aliphatic carbocycles. The number of anilines is 1. The molecule has 1 aromatic rings. The minimum Gasteiger partial charge on any atom is -0.396 e. The highest BCUT2D eigenvalue weighted by Gasteiger charge is 2.01. The Labute approximate surface area is 66.0 Å². The molecule has 2 N–H and O–H groups in total. The Balaban J connectivity index is 3.21. The van der Waals surface area contributed by atoms with Crippen molar-refractivity contribution in [1.29, 1.82) is 0 Å². The van der Waals surface area contributed by atoms with Gasteiger partial charge in [0.15, 0.2) is 0 Å². The first-order valence-corrected chi connectivity index (χ1v) is 3.69. The molecule has 0 heterocycles. The first kappa shape index (κ1) is 8.05. The number of hydrogen-bond donors (Lipinski definition) is 1. The summed E-state index contributed by atoms with van der Waals surface area (Å²) in [5.74, 6) is -0.313. The maximum atomic E-state index is 12.8. The Kier molecular flexibility index (Phi) is 2.13. The SMILES string of the molecule is CCc1cc(F)c(N)cc1C. The van der Waals surface area contributed by atoms with E-state index in [0.29, 0.717) is 0 Å². The third-order valence-electron chi connectivity index (χ3n) is 1.84. The highest BCUT2D eigenvalue weighted by molar-refractivity contribution is 5.45. The molecule has 0 bridgehead atoms. The lowest BCUT2D eigenvalue weighted by Gasteiger charge is -2.04. The molecule has 0 unspecified atom stereocenters. The van der Waals surface area contributed by atoms with Crippen molar-refractivity contribution >= 4 is 5.69 Å². The molecule has 0 aromatic heterocycles. The van der Waals surface area contributed by atoms with E-state index in [2.05, 4.69) is 0 Å². The van der Waals surface area contributed by atoms with E-state index in [1.165, 1.54) is 6.07 Å². The van der Waals surface area contributed by atoms with Crippen LogP contribution in [0.3, 0.4) is 0 Å². The summed E-state index contributed by atoms with van der Waals surface area (Å²) in [6.07, 6.45) is 0.850. The average Bonchev–Trinajstić information content (AvgIpc) is 1.97. The van der Waals surface area contributed by atoms with Gasteiger partial charge in [-0.25, -0.2) is 4.39 Å². The van der Waals surface area contributed by atoms with E-state index in [4.69, 9.17) is 5.73 Å². The quantitative estimate of drug-likeness (QED) is 0.615. The van der Waals surface area contributed by atoms with Crippen molar-refractivity contribution in [2.24, 2.45) is 0 Å². The van der Waals surface area contributed by atoms with Crippen LogP contribution in [0.25, 0.3) is 0 Å². The number of benzene rings is 1. The van der Waals surface area contributed by atoms with E-state index in [-0.39, 0.29) is 11.5 Å². The highest BCUT2D eigenvalue weighted by Crippen LogP contribution is 2.16. The largest absolute Gasteiger partial charge is 0.396 e. The predicted octanol–water partition coefficient (Wildman–Crippen LogP) is 2.28. The van der Waals surface area contributed by atoms with Gasteiger partial charge in [0.1, 0.15) is 5.82 Å². The van der Waals surface area contributed by atoms with E-state index >= 15 is 0 Å². The summed E-state index contributed by atoms with van der Waals surface area (Å²) in [5, 5.41) is 0. The van der Waals surface area contributed by atoms with Crippen LogP contribution in [0.1, 0.15) is 18.1 Å². The minimum absolute atomic E-state index is 0.236. The fourth-order valence-electron chi connectivity index (χ4n) is 1.13. The number of rotatable bonds is 1. The summed E-state index contributed by atoms with van der Waals surface area (Å²) in [7, 11) is 0. The Morgan fingerprint density at radius 1 is 1.45 bits per heavy atom. The van der Waals surface area contributed by atoms with Gasteiger partial charge in [-0.1, -0.05) is 6.92 Å². The molecule has 0 aliphatic rings. The van der Waals surface area contributed by atoms with Crippen LogP contribution in [-0.2, 0) is 6.42 Å². The van der Waals surface area contributed by atoms with Gasteiger partial charge in [-0.3, -0.25) is 0 Å². The molecular weight excluding hydrogens is 141 g/mol. The van der Waals surface area contributed by atoms with E-state index in [9.17, 15) is 4.39 Å². The van der Waals surface area contributed by atoms with E-state index < -0.39 is 0 Å². The second-order valence-corrected chi connectivity index (χ2v) is 2.65. The molecule has 0 saturated carbocycles. The van der Waals surface area contributed by atoms with Crippen LogP contribution < -0.4 is 5.73 Å². The molecule has 0 radical (unpaired) electrons. The van der Waals surface area contributed by atoms with Gasteiger partial charge in [0.25, 0.3) is 0 Å². The van der Waals surface area contributed by atoms with Crippen molar-refractivity contribution in [2.45, 2.75) is 20.3 Å². The zero-order chi connectivity index (χ0) is 8.43. The molecule has 2 heteroatoms. The normalized spacial score (nSPS) is 10.1. The van der Waals surface area contributed by atoms with Gasteiger partial charge in [0, 0.05) is 0 Å². The third kappa shape index (κ3) is 1.50. The predicted molar refractivity (Wildman–Crippen MR) is 44.9 cm³/mol. The fourth-order valence-corrected chi connectivity index (χ4v) is 1.13. The molecule has 11 heavy (non-hydrogen) atoms. The van der Waals surface area contributed by atoms with Crippen LogP contribution in [0.2, 0.25) is 0 Å². The molecule has 60 valence electrons. The number of nitrogen functional groups attached to an aromatic ring is 1. The van der Waals surface area contributed by atoms with Crippen molar-refractivity contribution in [1.82, 2.24) is 0 Å². The molecule has 0 aliphatic heterocycles. The van der Waals surface area contributed by atoms with Crippen molar-refractivity contribution < 1.29 is 4.39 Å². The van der Waals surface area contributed by atoms with Crippen molar-refractivity contribution in [2.75, 3.05) is 5.73 Å². The van der Waals surface area contributed by atoms with Crippen molar-refractivity contribution in [3.05, 3.63) is 29.1 Å². The Hall–Kier alpha value is -1.05. The van der Waals surface area contributed by atoms with Gasteiger partial charge in [-0.15, -0.1) is 0 Å². The average molecular weight is 153 g/mol.